The second-order valence-corrected chi connectivity index (χ2v) is 7.26. The maximum Gasteiger partial charge on any atom is 0.242 e. The van der Waals surface area contributed by atoms with Gasteiger partial charge in [0.25, 0.3) is 0 Å². The lowest BCUT2D eigenvalue weighted by Crippen LogP contribution is -2.46. The minimum atomic E-state index is -0.366. The van der Waals surface area contributed by atoms with E-state index in [0.717, 1.165) is 30.2 Å². The minimum absolute atomic E-state index is 0.0501. The molecule has 1 aliphatic heterocycles. The zero-order valence-corrected chi connectivity index (χ0v) is 15.3. The molecular weight excluding hydrogens is 350 g/mol. The van der Waals surface area contributed by atoms with E-state index in [1.165, 1.54) is 0 Å². The first-order valence-corrected chi connectivity index (χ1v) is 9.83. The molecule has 2 aromatic rings. The number of amides is 2. The van der Waals surface area contributed by atoms with Crippen molar-refractivity contribution in [2.45, 2.75) is 12.6 Å². The van der Waals surface area contributed by atoms with Crippen molar-refractivity contribution in [2.24, 2.45) is 0 Å². The molecule has 1 fully saturated rings. The smallest absolute Gasteiger partial charge is 0.242 e. The van der Waals surface area contributed by atoms with Crippen LogP contribution in [0.1, 0.15) is 17.4 Å². The van der Waals surface area contributed by atoms with Gasteiger partial charge in [0.2, 0.25) is 11.8 Å². The maximum atomic E-state index is 12.8. The number of nitrogens with zero attached hydrogens (tertiary/aromatic N) is 1. The summed E-state index contributed by atoms with van der Waals surface area (Å²) in [4.78, 5) is 27.0. The van der Waals surface area contributed by atoms with Gasteiger partial charge in [-0.1, -0.05) is 30.3 Å². The first-order valence-electron chi connectivity index (χ1n) is 8.67. The molecule has 26 heavy (non-hydrogen) atoms. The van der Waals surface area contributed by atoms with Gasteiger partial charge in [-0.3, -0.25) is 14.5 Å². The van der Waals surface area contributed by atoms with E-state index in [1.54, 1.807) is 18.4 Å². The standard InChI is InChI=1S/C19H23N3O3S/c23-17(20-13-16-7-4-10-25-16)14-21-19(24)18(15-5-2-1-3-6-15)22-8-11-26-12-9-22/h1-7,10,18H,8-9,11-14H2,(H,20,23)(H,21,24)/t18-/m1/s1. The molecular formula is C19H23N3O3S. The van der Waals surface area contributed by atoms with E-state index in [9.17, 15) is 9.59 Å². The molecule has 2 amide bonds. The fourth-order valence-electron chi connectivity index (χ4n) is 2.92. The Bertz CT molecular complexity index is 700. The molecule has 0 bridgehead atoms. The summed E-state index contributed by atoms with van der Waals surface area (Å²) >= 11 is 1.90. The van der Waals surface area contributed by atoms with Crippen molar-refractivity contribution in [3.63, 3.8) is 0 Å². The van der Waals surface area contributed by atoms with Gasteiger partial charge in [0.15, 0.2) is 0 Å². The van der Waals surface area contributed by atoms with Crippen molar-refractivity contribution >= 4 is 23.6 Å². The van der Waals surface area contributed by atoms with Crippen molar-refractivity contribution in [3.8, 4) is 0 Å². The van der Waals surface area contributed by atoms with E-state index in [4.69, 9.17) is 4.42 Å². The summed E-state index contributed by atoms with van der Waals surface area (Å²) in [6.45, 7) is 1.99. The maximum absolute atomic E-state index is 12.8. The summed E-state index contributed by atoms with van der Waals surface area (Å²) in [6.07, 6.45) is 1.56. The van der Waals surface area contributed by atoms with E-state index in [-0.39, 0.29) is 24.4 Å². The van der Waals surface area contributed by atoms with Crippen molar-refractivity contribution in [3.05, 3.63) is 60.1 Å². The zero-order chi connectivity index (χ0) is 18.2. The Hall–Kier alpha value is -2.25. The lowest BCUT2D eigenvalue weighted by molar-refractivity contribution is -0.129. The first-order chi connectivity index (χ1) is 12.7. The van der Waals surface area contributed by atoms with Gasteiger partial charge >= 0.3 is 0 Å². The Labute approximate surface area is 157 Å². The molecule has 1 atom stereocenters. The molecule has 1 aliphatic rings. The van der Waals surface area contributed by atoms with E-state index < -0.39 is 0 Å². The summed E-state index contributed by atoms with van der Waals surface area (Å²) in [7, 11) is 0. The minimum Gasteiger partial charge on any atom is -0.467 e. The van der Waals surface area contributed by atoms with Crippen LogP contribution in [0.3, 0.4) is 0 Å². The zero-order valence-electron chi connectivity index (χ0n) is 14.5. The number of hydrogen-bond donors (Lipinski definition) is 2. The Morgan fingerprint density at radius 3 is 2.54 bits per heavy atom. The van der Waals surface area contributed by atoms with Gasteiger partial charge in [0.1, 0.15) is 11.8 Å². The molecule has 0 radical (unpaired) electrons. The number of furan rings is 1. The molecule has 6 nitrogen and oxygen atoms in total. The van der Waals surface area contributed by atoms with Crippen LogP contribution in [0.2, 0.25) is 0 Å². The number of carbonyl (C=O) groups excluding carboxylic acids is 2. The molecule has 138 valence electrons. The van der Waals surface area contributed by atoms with Gasteiger partial charge in [-0.2, -0.15) is 11.8 Å². The molecule has 1 aromatic carbocycles. The van der Waals surface area contributed by atoms with Crippen LogP contribution in [0.5, 0.6) is 0 Å². The van der Waals surface area contributed by atoms with E-state index in [1.807, 2.05) is 42.1 Å². The Morgan fingerprint density at radius 2 is 1.85 bits per heavy atom. The summed E-state index contributed by atoms with van der Waals surface area (Å²) < 4.78 is 5.17. The molecule has 0 spiro atoms. The van der Waals surface area contributed by atoms with Gasteiger partial charge in [-0.15, -0.1) is 0 Å². The summed E-state index contributed by atoms with van der Waals surface area (Å²) in [5, 5.41) is 5.51. The molecule has 2 heterocycles. The third kappa shape index (κ3) is 5.12. The fourth-order valence-corrected chi connectivity index (χ4v) is 3.86. The average Bonchev–Trinajstić information content (AvgIpc) is 3.20. The largest absolute Gasteiger partial charge is 0.467 e. The van der Waals surface area contributed by atoms with Crippen LogP contribution in [0.4, 0.5) is 0 Å². The van der Waals surface area contributed by atoms with Gasteiger partial charge in [0, 0.05) is 24.6 Å². The lowest BCUT2D eigenvalue weighted by Gasteiger charge is -2.33. The topological polar surface area (TPSA) is 74.6 Å². The molecule has 7 heteroatoms. The van der Waals surface area contributed by atoms with Crippen LogP contribution in [0.15, 0.2) is 53.1 Å². The number of hydrogen-bond acceptors (Lipinski definition) is 5. The van der Waals surface area contributed by atoms with Gasteiger partial charge in [0.05, 0.1) is 19.4 Å². The molecule has 3 rings (SSSR count). The third-order valence-electron chi connectivity index (χ3n) is 4.24. The van der Waals surface area contributed by atoms with Crippen molar-refractivity contribution in [1.82, 2.24) is 15.5 Å². The molecule has 0 unspecified atom stereocenters. The van der Waals surface area contributed by atoms with E-state index >= 15 is 0 Å². The van der Waals surface area contributed by atoms with Crippen LogP contribution in [0.25, 0.3) is 0 Å². The Balaban J connectivity index is 1.57. The predicted molar refractivity (Wildman–Crippen MR) is 102 cm³/mol. The van der Waals surface area contributed by atoms with Gasteiger partial charge in [-0.05, 0) is 17.7 Å². The number of nitrogens with one attached hydrogen (secondary N) is 2. The summed E-state index contributed by atoms with van der Waals surface area (Å²) in [5.41, 5.74) is 0.952. The van der Waals surface area contributed by atoms with E-state index in [2.05, 4.69) is 15.5 Å². The van der Waals surface area contributed by atoms with Gasteiger partial charge in [-0.25, -0.2) is 0 Å². The van der Waals surface area contributed by atoms with Crippen LogP contribution >= 0.6 is 11.8 Å². The quantitative estimate of drug-likeness (QED) is 0.774. The normalized spacial score (nSPS) is 16.0. The second-order valence-electron chi connectivity index (χ2n) is 6.04. The van der Waals surface area contributed by atoms with Crippen LogP contribution < -0.4 is 10.6 Å². The lowest BCUT2D eigenvalue weighted by atomic mass is 10.0. The monoisotopic (exact) mass is 373 g/mol. The number of rotatable bonds is 7. The third-order valence-corrected chi connectivity index (χ3v) is 5.18. The van der Waals surface area contributed by atoms with Crippen molar-refractivity contribution < 1.29 is 14.0 Å². The van der Waals surface area contributed by atoms with Crippen molar-refractivity contribution in [2.75, 3.05) is 31.1 Å². The Kier molecular flexibility index (Phi) is 6.74. The highest BCUT2D eigenvalue weighted by Gasteiger charge is 2.28. The molecule has 0 aliphatic carbocycles. The van der Waals surface area contributed by atoms with Crippen LogP contribution in [-0.2, 0) is 16.1 Å². The number of thioether (sulfide) groups is 1. The molecule has 0 saturated carbocycles. The highest BCUT2D eigenvalue weighted by Crippen LogP contribution is 2.24. The Morgan fingerprint density at radius 1 is 1.08 bits per heavy atom. The second kappa shape index (κ2) is 9.45. The van der Waals surface area contributed by atoms with E-state index in [0.29, 0.717) is 12.3 Å². The highest BCUT2D eigenvalue weighted by atomic mass is 32.2. The summed E-state index contributed by atoms with van der Waals surface area (Å²) in [6, 6.07) is 12.9. The average molecular weight is 373 g/mol. The molecule has 2 N–H and O–H groups in total. The SMILES string of the molecule is O=C(CNC(=O)[C@@H](c1ccccc1)N1CCSCC1)NCc1ccco1. The molecule has 1 saturated heterocycles. The van der Waals surface area contributed by atoms with Crippen LogP contribution in [-0.4, -0.2) is 47.9 Å². The first kappa shape index (κ1) is 18.5. The fraction of sp³-hybridized carbons (Fsp3) is 0.368. The number of carbonyl (C=O) groups is 2. The van der Waals surface area contributed by atoms with Gasteiger partial charge < -0.3 is 15.1 Å². The highest BCUT2D eigenvalue weighted by molar-refractivity contribution is 7.99. The van der Waals surface area contributed by atoms with Crippen molar-refractivity contribution in [1.29, 1.82) is 0 Å². The predicted octanol–water partition coefficient (Wildman–Crippen LogP) is 1.80. The molecule has 1 aromatic heterocycles. The summed E-state index contributed by atoms with van der Waals surface area (Å²) in [5.74, 6) is 2.32. The van der Waals surface area contributed by atoms with Crippen LogP contribution in [0, 0.1) is 0 Å². The number of benzene rings is 1.